The SMILES string of the molecule is C[C@H](CN1CCCCC1)[C@H]1CC[C@H]2[C@@H]3CC=C4C(C)(C)C(O)CC[C@]4(C)[C@H]3CC[C@]12C. The lowest BCUT2D eigenvalue weighted by atomic mass is 9.44. The van der Waals surface area contributed by atoms with Gasteiger partial charge < -0.3 is 10.0 Å². The maximum Gasteiger partial charge on any atom is 0.0628 e. The number of fused-ring (bicyclic) bond motifs is 5. The molecular formula is C29H49NO. The van der Waals surface area contributed by atoms with Crippen molar-refractivity contribution in [2.75, 3.05) is 19.6 Å². The molecule has 31 heavy (non-hydrogen) atoms. The predicted molar refractivity (Wildman–Crippen MR) is 130 cm³/mol. The molecule has 1 heterocycles. The van der Waals surface area contributed by atoms with Crippen molar-refractivity contribution in [3.8, 4) is 0 Å². The molecule has 4 aliphatic carbocycles. The van der Waals surface area contributed by atoms with E-state index in [-0.39, 0.29) is 11.5 Å². The summed E-state index contributed by atoms with van der Waals surface area (Å²) in [5.41, 5.74) is 2.45. The zero-order chi connectivity index (χ0) is 22.0. The van der Waals surface area contributed by atoms with Gasteiger partial charge in [0.1, 0.15) is 0 Å². The standard InChI is InChI=1S/C29H49NO/c1-20(19-30-17-7-6-8-18-30)22-10-11-23-21-9-12-25-27(2,3)26(31)14-16-29(25,5)24(21)13-15-28(22,23)4/h12,20-24,26,31H,6-11,13-19H2,1-5H3/t20-,21+,22-,23+,24+,26?,28-,29-/m1/s1. The number of allylic oxidation sites excluding steroid dienone is 1. The largest absolute Gasteiger partial charge is 0.392 e. The highest BCUT2D eigenvalue weighted by atomic mass is 16.3. The van der Waals surface area contributed by atoms with Gasteiger partial charge in [0.15, 0.2) is 0 Å². The Hall–Kier alpha value is -0.340. The van der Waals surface area contributed by atoms with Gasteiger partial charge in [-0.3, -0.25) is 0 Å². The van der Waals surface area contributed by atoms with Gasteiger partial charge in [0.25, 0.3) is 0 Å². The number of hydrogen-bond acceptors (Lipinski definition) is 2. The second-order valence-corrected chi connectivity index (χ2v) is 13.5. The van der Waals surface area contributed by atoms with Gasteiger partial charge in [-0.15, -0.1) is 0 Å². The molecule has 0 aromatic carbocycles. The molecule has 1 N–H and O–H groups in total. The Bertz CT molecular complexity index is 706. The number of aliphatic hydroxyl groups excluding tert-OH is 1. The molecule has 2 heteroatoms. The van der Waals surface area contributed by atoms with Crippen LogP contribution in [-0.4, -0.2) is 35.7 Å². The second kappa shape index (κ2) is 7.86. The van der Waals surface area contributed by atoms with Crippen molar-refractivity contribution in [3.05, 3.63) is 11.6 Å². The molecule has 8 atom stereocenters. The van der Waals surface area contributed by atoms with Crippen LogP contribution in [0.5, 0.6) is 0 Å². The minimum absolute atomic E-state index is 0.0418. The van der Waals surface area contributed by atoms with Crippen LogP contribution < -0.4 is 0 Å². The van der Waals surface area contributed by atoms with Crippen molar-refractivity contribution >= 4 is 0 Å². The quantitative estimate of drug-likeness (QED) is 0.508. The Morgan fingerprint density at radius 3 is 2.45 bits per heavy atom. The molecule has 5 rings (SSSR count). The van der Waals surface area contributed by atoms with Gasteiger partial charge >= 0.3 is 0 Å². The lowest BCUT2D eigenvalue weighted by Gasteiger charge is -2.61. The molecule has 0 aromatic heterocycles. The molecular weight excluding hydrogens is 378 g/mol. The molecule has 1 aliphatic heterocycles. The molecule has 0 radical (unpaired) electrons. The van der Waals surface area contributed by atoms with E-state index in [0.29, 0.717) is 10.8 Å². The second-order valence-electron chi connectivity index (χ2n) is 13.5. The third-order valence-corrected chi connectivity index (χ3v) is 11.7. The Labute approximate surface area is 192 Å². The van der Waals surface area contributed by atoms with E-state index in [1.807, 2.05) is 0 Å². The van der Waals surface area contributed by atoms with E-state index < -0.39 is 0 Å². The fraction of sp³-hybridized carbons (Fsp3) is 0.931. The fourth-order valence-electron chi connectivity index (χ4n) is 10.0. The van der Waals surface area contributed by atoms with Gasteiger partial charge in [-0.2, -0.15) is 0 Å². The van der Waals surface area contributed by atoms with Crippen LogP contribution in [0.2, 0.25) is 0 Å². The summed E-state index contributed by atoms with van der Waals surface area (Å²) in [6, 6.07) is 0. The zero-order valence-corrected chi connectivity index (χ0v) is 21.1. The first-order valence-corrected chi connectivity index (χ1v) is 13.8. The van der Waals surface area contributed by atoms with Crippen molar-refractivity contribution in [2.24, 2.45) is 45.8 Å². The van der Waals surface area contributed by atoms with Crippen molar-refractivity contribution in [1.29, 1.82) is 0 Å². The van der Waals surface area contributed by atoms with Gasteiger partial charge in [-0.05, 0) is 111 Å². The first-order chi connectivity index (χ1) is 14.7. The summed E-state index contributed by atoms with van der Waals surface area (Å²) in [6.45, 7) is 16.5. The minimum Gasteiger partial charge on any atom is -0.392 e. The molecule has 0 amide bonds. The van der Waals surface area contributed by atoms with Crippen LogP contribution in [0.25, 0.3) is 0 Å². The van der Waals surface area contributed by atoms with Crippen LogP contribution in [0.3, 0.4) is 0 Å². The maximum atomic E-state index is 10.8. The predicted octanol–water partition coefficient (Wildman–Crippen LogP) is 6.68. The number of likely N-dealkylation sites (tertiary alicyclic amines) is 1. The summed E-state index contributed by atoms with van der Waals surface area (Å²) < 4.78 is 0. The maximum absolute atomic E-state index is 10.8. The number of hydrogen-bond donors (Lipinski definition) is 1. The molecule has 4 fully saturated rings. The van der Waals surface area contributed by atoms with Gasteiger partial charge in [-0.1, -0.05) is 52.7 Å². The number of nitrogens with zero attached hydrogens (tertiary/aromatic N) is 1. The normalized spacial score (nSPS) is 48.3. The smallest absolute Gasteiger partial charge is 0.0628 e. The van der Waals surface area contributed by atoms with Crippen LogP contribution in [0.4, 0.5) is 0 Å². The van der Waals surface area contributed by atoms with Crippen LogP contribution in [-0.2, 0) is 0 Å². The van der Waals surface area contributed by atoms with E-state index in [1.165, 1.54) is 77.4 Å². The number of rotatable bonds is 3. The Kier molecular flexibility index (Phi) is 5.70. The fourth-order valence-corrected chi connectivity index (χ4v) is 10.0. The van der Waals surface area contributed by atoms with Gasteiger partial charge in [0.05, 0.1) is 6.10 Å². The summed E-state index contributed by atoms with van der Waals surface area (Å²) in [4.78, 5) is 2.78. The molecule has 2 nitrogen and oxygen atoms in total. The summed E-state index contributed by atoms with van der Waals surface area (Å²) >= 11 is 0. The molecule has 0 bridgehead atoms. The summed E-state index contributed by atoms with van der Waals surface area (Å²) in [6.07, 6.45) is 16.0. The zero-order valence-electron chi connectivity index (χ0n) is 21.1. The van der Waals surface area contributed by atoms with Crippen LogP contribution in [0.15, 0.2) is 11.6 Å². The third kappa shape index (κ3) is 3.40. The number of aliphatic hydroxyl groups is 1. The van der Waals surface area contributed by atoms with E-state index >= 15 is 0 Å². The van der Waals surface area contributed by atoms with E-state index in [0.717, 1.165) is 36.0 Å². The first kappa shape index (κ1) is 22.5. The van der Waals surface area contributed by atoms with Crippen molar-refractivity contribution in [1.82, 2.24) is 4.90 Å². The molecule has 3 saturated carbocycles. The van der Waals surface area contributed by atoms with E-state index in [1.54, 1.807) is 5.57 Å². The van der Waals surface area contributed by atoms with Crippen molar-refractivity contribution < 1.29 is 5.11 Å². The highest BCUT2D eigenvalue weighted by molar-refractivity contribution is 5.31. The van der Waals surface area contributed by atoms with Crippen LogP contribution in [0, 0.1) is 45.8 Å². The van der Waals surface area contributed by atoms with Crippen molar-refractivity contribution in [2.45, 2.75) is 105 Å². The Morgan fingerprint density at radius 1 is 0.968 bits per heavy atom. The summed E-state index contributed by atoms with van der Waals surface area (Å²) in [7, 11) is 0. The molecule has 176 valence electrons. The van der Waals surface area contributed by atoms with E-state index in [2.05, 4.69) is 45.6 Å². The van der Waals surface area contributed by atoms with E-state index in [9.17, 15) is 5.11 Å². The summed E-state index contributed by atoms with van der Waals surface area (Å²) in [5.74, 6) is 4.41. The van der Waals surface area contributed by atoms with Gasteiger partial charge in [-0.25, -0.2) is 0 Å². The van der Waals surface area contributed by atoms with Gasteiger partial charge in [0, 0.05) is 12.0 Å². The van der Waals surface area contributed by atoms with Crippen molar-refractivity contribution in [3.63, 3.8) is 0 Å². The molecule has 1 saturated heterocycles. The monoisotopic (exact) mass is 427 g/mol. The average Bonchev–Trinajstić information content (AvgIpc) is 3.09. The Balaban J connectivity index is 1.36. The topological polar surface area (TPSA) is 23.5 Å². The molecule has 0 aromatic rings. The van der Waals surface area contributed by atoms with Crippen LogP contribution >= 0.6 is 0 Å². The highest BCUT2D eigenvalue weighted by Gasteiger charge is 2.61. The van der Waals surface area contributed by atoms with Gasteiger partial charge in [0.2, 0.25) is 0 Å². The first-order valence-electron chi connectivity index (χ1n) is 13.8. The molecule has 1 unspecified atom stereocenters. The lowest BCUT2D eigenvalue weighted by Crippen LogP contribution is -2.54. The van der Waals surface area contributed by atoms with E-state index in [4.69, 9.17) is 0 Å². The third-order valence-electron chi connectivity index (χ3n) is 11.7. The summed E-state index contributed by atoms with van der Waals surface area (Å²) in [5, 5.41) is 10.8. The average molecular weight is 428 g/mol. The van der Waals surface area contributed by atoms with Crippen LogP contribution in [0.1, 0.15) is 98.8 Å². The highest BCUT2D eigenvalue weighted by Crippen LogP contribution is 2.68. The molecule has 0 spiro atoms. The number of piperidine rings is 1. The molecule has 5 aliphatic rings. The minimum atomic E-state index is -0.163. The Morgan fingerprint density at radius 2 is 1.71 bits per heavy atom. The lowest BCUT2D eigenvalue weighted by molar-refractivity contribution is -0.0790.